The molecule has 8 nitrogen and oxygen atoms in total. The summed E-state index contributed by atoms with van der Waals surface area (Å²) in [6.45, 7) is 9.09. The number of hydrazine groups is 2. The maximum absolute atomic E-state index is 11.7. The Morgan fingerprint density at radius 2 is 1.96 bits per heavy atom. The van der Waals surface area contributed by atoms with Crippen LogP contribution in [-0.2, 0) is 0 Å². The lowest BCUT2D eigenvalue weighted by atomic mass is 10.1. The fourth-order valence-electron chi connectivity index (χ4n) is 2.31. The largest absolute Gasteiger partial charge is 0.493 e. The van der Waals surface area contributed by atoms with Crippen LogP contribution in [0.2, 0.25) is 0 Å². The molecule has 1 aliphatic rings. The minimum absolute atomic E-state index is 0.311. The highest BCUT2D eigenvalue weighted by Crippen LogP contribution is 2.18. The molecule has 1 aliphatic heterocycles. The number of urea groups is 1. The minimum atomic E-state index is -0.311. The van der Waals surface area contributed by atoms with E-state index in [9.17, 15) is 4.79 Å². The predicted octanol–water partition coefficient (Wildman–Crippen LogP) is 1.98. The first-order chi connectivity index (χ1) is 12.5. The number of aliphatic imine (C=N–C) groups is 1. The Morgan fingerprint density at radius 3 is 2.69 bits per heavy atom. The second-order valence-electron chi connectivity index (χ2n) is 6.25. The number of unbranched alkanes of at least 4 members (excludes halogenated alkanes) is 1. The van der Waals surface area contributed by atoms with Crippen LogP contribution in [0.25, 0.3) is 0 Å². The molecule has 8 heteroatoms. The fourth-order valence-corrected chi connectivity index (χ4v) is 2.31. The molecular formula is C18H28N6O2. The van der Waals surface area contributed by atoms with E-state index in [0.29, 0.717) is 19.1 Å². The Kier molecular flexibility index (Phi) is 7.13. The lowest BCUT2D eigenvalue weighted by Gasteiger charge is -2.20. The van der Waals surface area contributed by atoms with Crippen molar-refractivity contribution in [1.29, 1.82) is 0 Å². The van der Waals surface area contributed by atoms with Crippen LogP contribution in [0, 0.1) is 13.8 Å². The van der Waals surface area contributed by atoms with Crippen LogP contribution >= 0.6 is 0 Å². The number of hydrogen-bond donors (Lipinski definition) is 5. The zero-order chi connectivity index (χ0) is 18.9. The van der Waals surface area contributed by atoms with E-state index in [1.54, 1.807) is 0 Å². The van der Waals surface area contributed by atoms with Gasteiger partial charge in [-0.2, -0.15) is 0 Å². The molecule has 0 bridgehead atoms. The molecule has 2 rings (SSSR count). The molecule has 1 heterocycles. The summed E-state index contributed by atoms with van der Waals surface area (Å²) in [6, 6.07) is 5.83. The molecule has 0 saturated heterocycles. The molecule has 0 atom stereocenters. The molecule has 142 valence electrons. The number of carbonyl (C=O) groups excluding carboxylic acids is 1. The van der Waals surface area contributed by atoms with Gasteiger partial charge in [0.2, 0.25) is 5.96 Å². The van der Waals surface area contributed by atoms with E-state index in [4.69, 9.17) is 4.74 Å². The Morgan fingerprint density at radius 1 is 1.15 bits per heavy atom. The molecule has 1 aromatic carbocycles. The third-order valence-electron chi connectivity index (χ3n) is 3.93. The summed E-state index contributed by atoms with van der Waals surface area (Å²) >= 11 is 0. The summed E-state index contributed by atoms with van der Waals surface area (Å²) in [5, 5.41) is 2.78. The van der Waals surface area contributed by atoms with E-state index in [1.807, 2.05) is 32.9 Å². The maximum Gasteiger partial charge on any atom is 0.333 e. The Balaban J connectivity index is 1.55. The van der Waals surface area contributed by atoms with Gasteiger partial charge in [0.15, 0.2) is 0 Å². The normalized spacial score (nSPS) is 13.3. The monoisotopic (exact) mass is 360 g/mol. The van der Waals surface area contributed by atoms with Gasteiger partial charge < -0.3 is 15.5 Å². The van der Waals surface area contributed by atoms with Crippen LogP contribution in [0.3, 0.4) is 0 Å². The van der Waals surface area contributed by atoms with Gasteiger partial charge in [0.1, 0.15) is 5.75 Å². The van der Waals surface area contributed by atoms with Crippen molar-refractivity contribution < 1.29 is 9.53 Å². The Bertz CT molecular complexity index is 699. The number of amides is 2. The number of aryl methyl sites for hydroxylation is 2. The van der Waals surface area contributed by atoms with E-state index >= 15 is 0 Å². The van der Waals surface area contributed by atoms with Gasteiger partial charge in [0.25, 0.3) is 0 Å². The van der Waals surface area contributed by atoms with E-state index in [2.05, 4.69) is 45.0 Å². The third-order valence-corrected chi connectivity index (χ3v) is 3.93. The smallest absolute Gasteiger partial charge is 0.333 e. The standard InChI is InChI=1S/C18H28N6O2/c1-12-7-8-16(13(2)11-12)26-10-6-5-9-19-18(25)24-23-17-20-14(3)15(4)21-22-17/h7-8,11,21H,5-6,9-10H2,1-4H3,(H2,19,24,25)(H2,20,22,23). The maximum atomic E-state index is 11.7. The highest BCUT2D eigenvalue weighted by atomic mass is 16.5. The van der Waals surface area contributed by atoms with Gasteiger partial charge in [-0.15, -0.1) is 0 Å². The molecular weight excluding hydrogens is 332 g/mol. The van der Waals surface area contributed by atoms with Crippen molar-refractivity contribution >= 4 is 12.0 Å². The molecule has 0 aromatic heterocycles. The average Bonchev–Trinajstić information content (AvgIpc) is 2.60. The van der Waals surface area contributed by atoms with Crippen molar-refractivity contribution in [3.05, 3.63) is 40.7 Å². The lowest BCUT2D eigenvalue weighted by Crippen LogP contribution is -2.55. The van der Waals surface area contributed by atoms with Crippen LogP contribution in [-0.4, -0.2) is 25.1 Å². The number of carbonyl (C=O) groups is 1. The zero-order valence-corrected chi connectivity index (χ0v) is 15.8. The van der Waals surface area contributed by atoms with Crippen molar-refractivity contribution in [3.63, 3.8) is 0 Å². The van der Waals surface area contributed by atoms with Crippen LogP contribution in [0.15, 0.2) is 34.6 Å². The number of allylic oxidation sites excluding steroid dienone is 2. The number of hydrogen-bond acceptors (Lipinski definition) is 6. The highest BCUT2D eigenvalue weighted by Gasteiger charge is 2.08. The first-order valence-electron chi connectivity index (χ1n) is 8.74. The van der Waals surface area contributed by atoms with Crippen molar-refractivity contribution in [3.8, 4) is 5.75 Å². The molecule has 0 aliphatic carbocycles. The average molecular weight is 360 g/mol. The van der Waals surface area contributed by atoms with E-state index in [1.165, 1.54) is 5.56 Å². The number of rotatable bonds is 6. The van der Waals surface area contributed by atoms with Crippen LogP contribution in [0.5, 0.6) is 5.75 Å². The van der Waals surface area contributed by atoms with Crippen molar-refractivity contribution in [1.82, 2.24) is 27.0 Å². The quantitative estimate of drug-likeness (QED) is 0.395. The molecule has 0 radical (unpaired) electrons. The van der Waals surface area contributed by atoms with Gasteiger partial charge in [-0.05, 0) is 52.2 Å². The number of guanidine groups is 1. The van der Waals surface area contributed by atoms with E-state index in [-0.39, 0.29) is 6.03 Å². The van der Waals surface area contributed by atoms with Crippen molar-refractivity contribution in [2.24, 2.45) is 4.99 Å². The SMILES string of the molecule is CC1=C(C)NNC(NNC(=O)NCCCCOc2ccc(C)cc2C)=N1. The molecule has 1 aromatic rings. The number of ether oxygens (including phenoxy) is 1. The fraction of sp³-hybridized carbons (Fsp3) is 0.444. The molecule has 2 amide bonds. The van der Waals surface area contributed by atoms with Gasteiger partial charge in [0, 0.05) is 12.2 Å². The molecule has 0 saturated carbocycles. The lowest BCUT2D eigenvalue weighted by molar-refractivity contribution is 0.238. The van der Waals surface area contributed by atoms with Gasteiger partial charge in [-0.25, -0.2) is 15.2 Å². The molecule has 0 fully saturated rings. The molecule has 26 heavy (non-hydrogen) atoms. The second kappa shape index (κ2) is 9.55. The number of nitrogens with zero attached hydrogens (tertiary/aromatic N) is 1. The first-order valence-corrected chi connectivity index (χ1v) is 8.74. The van der Waals surface area contributed by atoms with E-state index in [0.717, 1.165) is 35.5 Å². The third kappa shape index (κ3) is 6.19. The molecule has 0 unspecified atom stereocenters. The van der Waals surface area contributed by atoms with Gasteiger partial charge in [-0.1, -0.05) is 17.7 Å². The second-order valence-corrected chi connectivity index (χ2v) is 6.25. The summed E-state index contributed by atoms with van der Waals surface area (Å²) in [5.74, 6) is 1.35. The summed E-state index contributed by atoms with van der Waals surface area (Å²) < 4.78 is 5.77. The number of benzene rings is 1. The van der Waals surface area contributed by atoms with Gasteiger partial charge in [0.05, 0.1) is 12.3 Å². The first kappa shape index (κ1) is 19.4. The van der Waals surface area contributed by atoms with Gasteiger partial charge in [-0.3, -0.25) is 10.9 Å². The van der Waals surface area contributed by atoms with Gasteiger partial charge >= 0.3 is 6.03 Å². The van der Waals surface area contributed by atoms with Crippen molar-refractivity contribution in [2.75, 3.05) is 13.2 Å². The molecule has 0 spiro atoms. The predicted molar refractivity (Wildman–Crippen MR) is 102 cm³/mol. The molecule has 5 N–H and O–H groups in total. The van der Waals surface area contributed by atoms with E-state index < -0.39 is 0 Å². The zero-order valence-electron chi connectivity index (χ0n) is 15.8. The van der Waals surface area contributed by atoms with Crippen LogP contribution < -0.4 is 31.8 Å². The summed E-state index contributed by atoms with van der Waals surface area (Å²) in [5.41, 5.74) is 15.2. The summed E-state index contributed by atoms with van der Waals surface area (Å²) in [4.78, 5) is 16.0. The Hall–Kier alpha value is -2.90. The minimum Gasteiger partial charge on any atom is -0.493 e. The number of nitrogens with one attached hydrogen (secondary N) is 5. The summed E-state index contributed by atoms with van der Waals surface area (Å²) in [7, 11) is 0. The highest BCUT2D eigenvalue weighted by molar-refractivity contribution is 5.84. The topological polar surface area (TPSA) is 98.8 Å². The Labute approximate surface area is 154 Å². The van der Waals surface area contributed by atoms with Crippen LogP contribution in [0.4, 0.5) is 4.79 Å². The van der Waals surface area contributed by atoms with Crippen molar-refractivity contribution in [2.45, 2.75) is 40.5 Å². The van der Waals surface area contributed by atoms with Crippen LogP contribution in [0.1, 0.15) is 37.8 Å². The summed E-state index contributed by atoms with van der Waals surface area (Å²) in [6.07, 6.45) is 1.70.